The molecule has 0 N–H and O–H groups in total. The first-order valence-corrected chi connectivity index (χ1v) is 10.7. The minimum absolute atomic E-state index is 0.728. The third-order valence-electron chi connectivity index (χ3n) is 6.48. The van der Waals surface area contributed by atoms with E-state index in [2.05, 4.69) is 39.9 Å². The van der Waals surface area contributed by atoms with Crippen LogP contribution in [0.3, 0.4) is 0 Å². The molecular weight excluding hydrogens is 322 g/mol. The van der Waals surface area contributed by atoms with Gasteiger partial charge in [-0.25, -0.2) is 0 Å². The van der Waals surface area contributed by atoms with E-state index in [1.165, 1.54) is 76.1 Å². The Hall–Kier alpha value is -1.26. The normalized spacial score (nSPS) is 24.2. The van der Waals surface area contributed by atoms with Gasteiger partial charge in [0.1, 0.15) is 5.75 Å². The molecule has 1 aromatic carbocycles. The number of ether oxygens (including phenoxy) is 1. The molecule has 1 atom stereocenters. The van der Waals surface area contributed by atoms with E-state index in [9.17, 15) is 0 Å². The van der Waals surface area contributed by atoms with Crippen molar-refractivity contribution in [3.8, 4) is 5.75 Å². The van der Waals surface area contributed by atoms with E-state index in [0.717, 1.165) is 37.8 Å². The summed E-state index contributed by atoms with van der Waals surface area (Å²) in [6.07, 6.45) is 9.16. The summed E-state index contributed by atoms with van der Waals surface area (Å²) in [5, 5.41) is 0. The molecule has 1 aromatic rings. The minimum Gasteiger partial charge on any atom is -0.494 e. The Labute approximate surface area is 159 Å². The molecule has 26 heavy (non-hydrogen) atoms. The number of fused-ring (bicyclic) bond motifs is 1. The summed E-state index contributed by atoms with van der Waals surface area (Å²) in [6.45, 7) is 8.20. The molecule has 0 aromatic heterocycles. The fourth-order valence-electron chi connectivity index (χ4n) is 4.85. The van der Waals surface area contributed by atoms with Crippen LogP contribution in [0.5, 0.6) is 5.75 Å². The monoisotopic (exact) mass is 357 g/mol. The van der Waals surface area contributed by atoms with Crippen LogP contribution in [0.2, 0.25) is 0 Å². The number of anilines is 1. The minimum atomic E-state index is 0.728. The molecule has 0 amide bonds. The molecule has 2 saturated heterocycles. The average Bonchev–Trinajstić information content (AvgIpc) is 3.26. The van der Waals surface area contributed by atoms with Gasteiger partial charge < -0.3 is 19.4 Å². The molecule has 0 saturated carbocycles. The lowest BCUT2D eigenvalue weighted by Crippen LogP contribution is -2.37. The maximum absolute atomic E-state index is 6.05. The van der Waals surface area contributed by atoms with Gasteiger partial charge in [-0.15, -0.1) is 0 Å². The van der Waals surface area contributed by atoms with Crippen molar-refractivity contribution in [1.29, 1.82) is 0 Å². The molecule has 4 rings (SSSR count). The van der Waals surface area contributed by atoms with Crippen molar-refractivity contribution < 1.29 is 4.74 Å². The first-order chi connectivity index (χ1) is 12.8. The molecule has 3 aliphatic rings. The maximum atomic E-state index is 6.05. The van der Waals surface area contributed by atoms with Crippen LogP contribution in [0, 0.1) is 0 Å². The van der Waals surface area contributed by atoms with Crippen LogP contribution in [0.4, 0.5) is 5.69 Å². The highest BCUT2D eigenvalue weighted by atomic mass is 16.5. The third kappa shape index (κ3) is 4.34. The maximum Gasteiger partial charge on any atom is 0.119 e. The van der Waals surface area contributed by atoms with Crippen molar-refractivity contribution in [2.45, 2.75) is 51.0 Å². The molecule has 144 valence electrons. The molecule has 1 unspecified atom stereocenters. The fourth-order valence-corrected chi connectivity index (χ4v) is 4.85. The van der Waals surface area contributed by atoms with Gasteiger partial charge >= 0.3 is 0 Å². The van der Waals surface area contributed by atoms with E-state index in [0.29, 0.717) is 0 Å². The summed E-state index contributed by atoms with van der Waals surface area (Å²) in [5.41, 5.74) is 2.91. The third-order valence-corrected chi connectivity index (χ3v) is 6.48. The van der Waals surface area contributed by atoms with Gasteiger partial charge in [-0.2, -0.15) is 0 Å². The molecule has 0 spiro atoms. The molecule has 4 heteroatoms. The topological polar surface area (TPSA) is 19.0 Å². The Bertz CT molecular complexity index is 585. The number of likely N-dealkylation sites (N-methyl/N-ethyl adjacent to an activating group) is 1. The molecule has 3 aliphatic heterocycles. The van der Waals surface area contributed by atoms with Crippen molar-refractivity contribution in [3.63, 3.8) is 0 Å². The van der Waals surface area contributed by atoms with Crippen molar-refractivity contribution in [2.75, 3.05) is 57.8 Å². The van der Waals surface area contributed by atoms with E-state index < -0.39 is 0 Å². The van der Waals surface area contributed by atoms with E-state index in [4.69, 9.17) is 4.74 Å². The van der Waals surface area contributed by atoms with Crippen LogP contribution in [-0.2, 0) is 6.42 Å². The summed E-state index contributed by atoms with van der Waals surface area (Å²) in [5.74, 6) is 1.06. The number of benzene rings is 1. The lowest BCUT2D eigenvalue weighted by atomic mass is 10.1. The Morgan fingerprint density at radius 3 is 2.73 bits per heavy atom. The van der Waals surface area contributed by atoms with Gasteiger partial charge in [-0.05, 0) is 89.0 Å². The van der Waals surface area contributed by atoms with Crippen molar-refractivity contribution in [3.05, 3.63) is 23.8 Å². The van der Waals surface area contributed by atoms with Crippen LogP contribution in [0.1, 0.15) is 44.1 Å². The number of hydrogen-bond donors (Lipinski definition) is 0. The van der Waals surface area contributed by atoms with E-state index >= 15 is 0 Å². The van der Waals surface area contributed by atoms with Gasteiger partial charge in [0.15, 0.2) is 0 Å². The Morgan fingerprint density at radius 1 is 1.04 bits per heavy atom. The van der Waals surface area contributed by atoms with Gasteiger partial charge in [0.05, 0.1) is 6.61 Å². The molecule has 2 fully saturated rings. The zero-order valence-corrected chi connectivity index (χ0v) is 16.5. The predicted octanol–water partition coefficient (Wildman–Crippen LogP) is 3.40. The van der Waals surface area contributed by atoms with E-state index in [1.54, 1.807) is 0 Å². The number of nitrogens with zero attached hydrogens (tertiary/aromatic N) is 3. The standard InChI is InChI=1S/C22H35N3O/c1-23-11-5-7-20(23)18-25-15-10-19-17-21(8-9-22(19)25)26-16-6-14-24-12-3-2-4-13-24/h8-9,17,20H,2-7,10-16,18H2,1H3. The van der Waals surface area contributed by atoms with Gasteiger partial charge in [0, 0.05) is 31.4 Å². The van der Waals surface area contributed by atoms with Crippen LogP contribution in [-0.4, -0.2) is 68.8 Å². The summed E-state index contributed by atoms with van der Waals surface area (Å²) >= 11 is 0. The summed E-state index contributed by atoms with van der Waals surface area (Å²) in [4.78, 5) is 7.70. The van der Waals surface area contributed by atoms with Crippen molar-refractivity contribution in [2.24, 2.45) is 0 Å². The Balaban J connectivity index is 1.25. The van der Waals surface area contributed by atoms with Crippen LogP contribution >= 0.6 is 0 Å². The molecule has 3 heterocycles. The second-order valence-electron chi connectivity index (χ2n) is 8.37. The van der Waals surface area contributed by atoms with Gasteiger partial charge in [0.2, 0.25) is 0 Å². The summed E-state index contributed by atoms with van der Waals surface area (Å²) in [7, 11) is 2.27. The number of piperidine rings is 1. The first-order valence-electron chi connectivity index (χ1n) is 10.7. The Kier molecular flexibility index (Phi) is 6.01. The zero-order chi connectivity index (χ0) is 17.8. The van der Waals surface area contributed by atoms with Crippen LogP contribution in [0.15, 0.2) is 18.2 Å². The van der Waals surface area contributed by atoms with Gasteiger partial charge in [0.25, 0.3) is 0 Å². The molecule has 0 bridgehead atoms. The summed E-state index contributed by atoms with van der Waals surface area (Å²) < 4.78 is 6.05. The molecule has 0 radical (unpaired) electrons. The molecule has 4 nitrogen and oxygen atoms in total. The van der Waals surface area contributed by atoms with Crippen LogP contribution in [0.25, 0.3) is 0 Å². The first kappa shape index (κ1) is 18.1. The van der Waals surface area contributed by atoms with Gasteiger partial charge in [-0.1, -0.05) is 6.42 Å². The number of rotatable bonds is 7. The number of likely N-dealkylation sites (tertiary alicyclic amines) is 2. The van der Waals surface area contributed by atoms with Gasteiger partial charge in [-0.3, -0.25) is 0 Å². The van der Waals surface area contributed by atoms with E-state index in [1.807, 2.05) is 0 Å². The average molecular weight is 358 g/mol. The quantitative estimate of drug-likeness (QED) is 0.696. The smallest absolute Gasteiger partial charge is 0.119 e. The highest BCUT2D eigenvalue weighted by molar-refractivity contribution is 5.60. The lowest BCUT2D eigenvalue weighted by Gasteiger charge is -2.27. The lowest BCUT2D eigenvalue weighted by molar-refractivity contribution is 0.205. The second kappa shape index (κ2) is 8.62. The second-order valence-corrected chi connectivity index (χ2v) is 8.37. The highest BCUT2D eigenvalue weighted by Gasteiger charge is 2.27. The predicted molar refractivity (Wildman–Crippen MR) is 108 cm³/mol. The molecule has 0 aliphatic carbocycles. The van der Waals surface area contributed by atoms with Crippen molar-refractivity contribution >= 4 is 5.69 Å². The highest BCUT2D eigenvalue weighted by Crippen LogP contribution is 2.32. The van der Waals surface area contributed by atoms with Crippen LogP contribution < -0.4 is 9.64 Å². The summed E-state index contributed by atoms with van der Waals surface area (Å²) in [6, 6.07) is 7.48. The zero-order valence-electron chi connectivity index (χ0n) is 16.5. The van der Waals surface area contributed by atoms with Crippen molar-refractivity contribution in [1.82, 2.24) is 9.80 Å². The molecular formula is C22H35N3O. The SMILES string of the molecule is CN1CCCC1CN1CCc2cc(OCCCN3CCCCC3)ccc21. The fraction of sp³-hybridized carbons (Fsp3) is 0.727. The largest absolute Gasteiger partial charge is 0.494 e. The van der Waals surface area contributed by atoms with E-state index in [-0.39, 0.29) is 0 Å². The number of hydrogen-bond acceptors (Lipinski definition) is 4. The Morgan fingerprint density at radius 2 is 1.92 bits per heavy atom.